The number of amides is 2. The number of urea groups is 1. The van der Waals surface area contributed by atoms with Crippen molar-refractivity contribution in [2.75, 3.05) is 29.9 Å². The number of primary sulfonamides is 1. The van der Waals surface area contributed by atoms with Crippen LogP contribution in [-0.4, -0.2) is 39.1 Å². The summed E-state index contributed by atoms with van der Waals surface area (Å²) in [4.78, 5) is 19.6. The van der Waals surface area contributed by atoms with Crippen molar-refractivity contribution in [3.63, 3.8) is 0 Å². The summed E-state index contributed by atoms with van der Waals surface area (Å²) in [5, 5.41) is 13.6. The lowest BCUT2D eigenvalue weighted by atomic mass is 10.3. The zero-order valence-corrected chi connectivity index (χ0v) is 16.8. The van der Waals surface area contributed by atoms with E-state index >= 15 is 0 Å². The summed E-state index contributed by atoms with van der Waals surface area (Å²) >= 11 is 2.66. The fourth-order valence-corrected chi connectivity index (χ4v) is 5.39. The number of nitrogens with two attached hydrogens (primary N) is 1. The number of thiophene rings is 1. The van der Waals surface area contributed by atoms with Crippen molar-refractivity contribution in [2.24, 2.45) is 5.14 Å². The molecular weight excluding hydrogens is 394 g/mol. The molecule has 0 atom stereocenters. The molecular formula is C15H21N5O3S3. The van der Waals surface area contributed by atoms with Gasteiger partial charge in [0.25, 0.3) is 0 Å². The third-order valence-corrected chi connectivity index (χ3v) is 7.43. The molecule has 1 fully saturated rings. The number of rotatable bonds is 6. The number of aromatic nitrogens is 1. The Kier molecular flexibility index (Phi) is 5.80. The number of carbonyl (C=O) groups excluding carboxylic acids is 1. The molecule has 26 heavy (non-hydrogen) atoms. The lowest BCUT2D eigenvalue weighted by Gasteiger charge is -2.12. The van der Waals surface area contributed by atoms with Crippen molar-refractivity contribution in [3.8, 4) is 0 Å². The predicted octanol–water partition coefficient (Wildman–Crippen LogP) is 2.12. The molecule has 4 N–H and O–H groups in total. The van der Waals surface area contributed by atoms with Crippen LogP contribution in [0.25, 0.3) is 0 Å². The van der Waals surface area contributed by atoms with Crippen LogP contribution in [0.4, 0.5) is 15.6 Å². The average Bonchev–Trinajstić information content (AvgIpc) is 3.28. The maximum absolute atomic E-state index is 12.0. The van der Waals surface area contributed by atoms with Gasteiger partial charge in [-0.3, -0.25) is 0 Å². The van der Waals surface area contributed by atoms with E-state index in [9.17, 15) is 13.2 Å². The van der Waals surface area contributed by atoms with Gasteiger partial charge in [0.05, 0.1) is 11.4 Å². The van der Waals surface area contributed by atoms with E-state index in [0.717, 1.165) is 35.3 Å². The second-order valence-electron chi connectivity index (χ2n) is 6.03. The van der Waals surface area contributed by atoms with Gasteiger partial charge in [-0.15, -0.1) is 22.7 Å². The number of anilines is 2. The molecule has 2 amide bonds. The van der Waals surface area contributed by atoms with E-state index in [0.29, 0.717) is 23.5 Å². The molecule has 0 saturated carbocycles. The lowest BCUT2D eigenvalue weighted by molar-refractivity contribution is 0.252. The van der Waals surface area contributed by atoms with Gasteiger partial charge in [-0.1, -0.05) is 0 Å². The number of sulfonamides is 1. The van der Waals surface area contributed by atoms with Gasteiger partial charge < -0.3 is 15.5 Å². The molecule has 0 aromatic carbocycles. The number of hydrogen-bond acceptors (Lipinski definition) is 7. The zero-order chi connectivity index (χ0) is 18.7. The molecule has 2 aromatic rings. The first-order chi connectivity index (χ1) is 12.3. The van der Waals surface area contributed by atoms with Crippen LogP contribution >= 0.6 is 22.7 Å². The van der Waals surface area contributed by atoms with Crippen molar-refractivity contribution < 1.29 is 13.2 Å². The van der Waals surface area contributed by atoms with E-state index in [1.54, 1.807) is 18.3 Å². The first-order valence-corrected chi connectivity index (χ1v) is 11.4. The molecule has 1 aliphatic rings. The van der Waals surface area contributed by atoms with Crippen LogP contribution in [0.5, 0.6) is 0 Å². The molecule has 0 radical (unpaired) electrons. The van der Waals surface area contributed by atoms with Crippen LogP contribution in [0.15, 0.2) is 15.7 Å². The third kappa shape index (κ3) is 4.72. The summed E-state index contributed by atoms with van der Waals surface area (Å²) in [7, 11) is -3.76. The minimum Gasteiger partial charge on any atom is -0.348 e. The van der Waals surface area contributed by atoms with Crippen molar-refractivity contribution in [2.45, 2.75) is 30.4 Å². The SMILES string of the molecule is Cc1sc(S(N)(=O)=O)cc1NC(=O)NCCc1csc(N2CCCC2)n1. The van der Waals surface area contributed by atoms with Gasteiger partial charge in [0.15, 0.2) is 5.13 Å². The van der Waals surface area contributed by atoms with Gasteiger partial charge in [-0.05, 0) is 25.8 Å². The fourth-order valence-electron chi connectivity index (χ4n) is 2.65. The van der Waals surface area contributed by atoms with Gasteiger partial charge in [0.2, 0.25) is 10.0 Å². The zero-order valence-electron chi connectivity index (χ0n) is 14.3. The Hall–Kier alpha value is -1.69. The first kappa shape index (κ1) is 19.1. The molecule has 0 aliphatic carbocycles. The molecule has 11 heteroatoms. The molecule has 2 aromatic heterocycles. The summed E-state index contributed by atoms with van der Waals surface area (Å²) < 4.78 is 22.8. The Morgan fingerprint density at radius 1 is 1.38 bits per heavy atom. The molecule has 3 heterocycles. The van der Waals surface area contributed by atoms with E-state index in [1.165, 1.54) is 18.9 Å². The molecule has 0 spiro atoms. The molecule has 1 saturated heterocycles. The Bertz CT molecular complexity index is 884. The van der Waals surface area contributed by atoms with E-state index in [4.69, 9.17) is 5.14 Å². The highest BCUT2D eigenvalue weighted by atomic mass is 32.2. The summed E-state index contributed by atoms with van der Waals surface area (Å²) in [6, 6.07) is 0.986. The number of carbonyl (C=O) groups is 1. The van der Waals surface area contributed by atoms with Crippen LogP contribution in [0.3, 0.4) is 0 Å². The van der Waals surface area contributed by atoms with Crippen LogP contribution in [-0.2, 0) is 16.4 Å². The van der Waals surface area contributed by atoms with E-state index < -0.39 is 10.0 Å². The molecule has 142 valence electrons. The molecule has 0 bridgehead atoms. The van der Waals surface area contributed by atoms with Crippen LogP contribution in [0.1, 0.15) is 23.4 Å². The molecule has 1 aliphatic heterocycles. The number of aryl methyl sites for hydroxylation is 1. The Labute approximate surface area is 160 Å². The number of nitrogens with zero attached hydrogens (tertiary/aromatic N) is 2. The highest BCUT2D eigenvalue weighted by molar-refractivity contribution is 7.91. The van der Waals surface area contributed by atoms with E-state index in [2.05, 4.69) is 20.5 Å². The van der Waals surface area contributed by atoms with Crippen molar-refractivity contribution in [1.82, 2.24) is 10.3 Å². The normalized spacial score (nSPS) is 14.6. The largest absolute Gasteiger partial charge is 0.348 e. The Balaban J connectivity index is 1.48. The van der Waals surface area contributed by atoms with E-state index in [1.807, 2.05) is 5.38 Å². The van der Waals surface area contributed by atoms with Crippen LogP contribution < -0.4 is 20.7 Å². The van der Waals surface area contributed by atoms with E-state index in [-0.39, 0.29) is 10.2 Å². The quantitative estimate of drug-likeness (QED) is 0.668. The Morgan fingerprint density at radius 2 is 2.12 bits per heavy atom. The molecule has 0 unspecified atom stereocenters. The maximum Gasteiger partial charge on any atom is 0.319 e. The van der Waals surface area contributed by atoms with Crippen LogP contribution in [0.2, 0.25) is 0 Å². The highest BCUT2D eigenvalue weighted by Crippen LogP contribution is 2.29. The number of nitrogens with one attached hydrogen (secondary N) is 2. The highest BCUT2D eigenvalue weighted by Gasteiger charge is 2.17. The molecule has 8 nitrogen and oxygen atoms in total. The van der Waals surface area contributed by atoms with Crippen molar-refractivity contribution >= 4 is 49.5 Å². The Morgan fingerprint density at radius 3 is 2.77 bits per heavy atom. The summed E-state index contributed by atoms with van der Waals surface area (Å²) in [5.41, 5.74) is 1.40. The monoisotopic (exact) mass is 415 g/mol. The second-order valence-corrected chi connectivity index (χ2v) is 9.91. The molecule has 3 rings (SSSR count). The average molecular weight is 416 g/mol. The number of thiazole rings is 1. The van der Waals surface area contributed by atoms with Gasteiger partial charge in [-0.25, -0.2) is 23.3 Å². The van der Waals surface area contributed by atoms with Gasteiger partial charge >= 0.3 is 6.03 Å². The fraction of sp³-hybridized carbons (Fsp3) is 0.467. The summed E-state index contributed by atoms with van der Waals surface area (Å²) in [5.74, 6) is 0. The summed E-state index contributed by atoms with van der Waals surface area (Å²) in [6.07, 6.45) is 3.07. The maximum atomic E-state index is 12.0. The topological polar surface area (TPSA) is 117 Å². The van der Waals surface area contributed by atoms with Crippen molar-refractivity contribution in [3.05, 3.63) is 22.0 Å². The second kappa shape index (κ2) is 7.91. The smallest absolute Gasteiger partial charge is 0.319 e. The van der Waals surface area contributed by atoms with Crippen molar-refractivity contribution in [1.29, 1.82) is 0 Å². The van der Waals surface area contributed by atoms with Gasteiger partial charge in [0.1, 0.15) is 4.21 Å². The standard InChI is InChI=1S/C15H21N5O3S3/c1-10-12(8-13(25-10)26(16,22)23)19-14(21)17-5-4-11-9-24-15(18-11)20-6-2-3-7-20/h8-9H,2-7H2,1H3,(H2,16,22,23)(H2,17,19,21). The minimum absolute atomic E-state index is 0.0298. The third-order valence-electron chi connectivity index (χ3n) is 4.01. The van der Waals surface area contributed by atoms with Gasteiger partial charge in [0, 0.05) is 36.3 Å². The predicted molar refractivity (Wildman–Crippen MR) is 105 cm³/mol. The lowest BCUT2D eigenvalue weighted by Crippen LogP contribution is -2.30. The summed E-state index contributed by atoms with van der Waals surface area (Å²) in [6.45, 7) is 4.30. The van der Waals surface area contributed by atoms with Gasteiger partial charge in [-0.2, -0.15) is 0 Å². The first-order valence-electron chi connectivity index (χ1n) is 8.20. The number of hydrogen-bond donors (Lipinski definition) is 3. The van der Waals surface area contributed by atoms with Crippen LogP contribution in [0, 0.1) is 6.92 Å². The minimum atomic E-state index is -3.76.